The van der Waals surface area contributed by atoms with Crippen molar-refractivity contribution in [2.24, 2.45) is 34.4 Å². The minimum absolute atomic E-state index is 0. The second-order valence-electron chi connectivity index (χ2n) is 6.63. The maximum absolute atomic E-state index is 10.0. The summed E-state index contributed by atoms with van der Waals surface area (Å²) in [6, 6.07) is -2.48. The van der Waals surface area contributed by atoms with E-state index >= 15 is 0 Å². The van der Waals surface area contributed by atoms with Gasteiger partial charge in [0.25, 0.3) is 0 Å². The normalized spacial score (nSPS) is 12.2. The van der Waals surface area contributed by atoms with E-state index in [2.05, 4.69) is 0 Å². The first kappa shape index (κ1) is 41.2. The number of aliphatic carboxylic acids is 3. The van der Waals surface area contributed by atoms with Crippen LogP contribution in [0.1, 0.15) is 65.2 Å². The monoisotopic (exact) mass is 648 g/mol. The molecule has 0 aliphatic rings. The van der Waals surface area contributed by atoms with E-state index in [1.807, 2.05) is 0 Å². The molecule has 196 valence electrons. The largest absolute Gasteiger partial charge is 3.00 e. The molecule has 0 aliphatic carbocycles. The van der Waals surface area contributed by atoms with Crippen LogP contribution in [0.4, 0.5) is 0 Å². The van der Waals surface area contributed by atoms with Crippen molar-refractivity contribution in [3.05, 3.63) is 0 Å². The van der Waals surface area contributed by atoms with Crippen molar-refractivity contribution in [3.63, 3.8) is 0 Å². The SMILES string of the molecule is C.NCCCC[C@H](N)C(=O)[O-].NCCCC[C@H](N)C(=O)[O-].NCCCC[C@H](N)C(=O)[O-].[Au+3]. The number of nitrogens with two attached hydrogens (primary N) is 6. The van der Waals surface area contributed by atoms with Gasteiger partial charge >= 0.3 is 22.4 Å². The Kier molecular flexibility index (Phi) is 38.5. The standard InChI is InChI=1S/3C6H14N2O2.CH4.Au/c3*7-4-2-1-3-5(8)6(9)10;;/h3*5H,1-4,7-8H2,(H,9,10);1H4;/q;;;;+3/p-3/t3*5-;;/m000../s1. The van der Waals surface area contributed by atoms with Gasteiger partial charge in [0.2, 0.25) is 0 Å². The molecule has 0 rings (SSSR count). The smallest absolute Gasteiger partial charge is 0.548 e. The van der Waals surface area contributed by atoms with E-state index in [1.54, 1.807) is 0 Å². The number of unbranched alkanes of at least 4 members (excludes halogenated alkanes) is 3. The Morgan fingerprint density at radius 1 is 0.531 bits per heavy atom. The number of rotatable bonds is 15. The van der Waals surface area contributed by atoms with Crippen LogP contribution in [0.2, 0.25) is 0 Å². The van der Waals surface area contributed by atoms with Gasteiger partial charge in [-0.25, -0.2) is 0 Å². The van der Waals surface area contributed by atoms with Gasteiger partial charge in [-0.3, -0.25) is 0 Å². The molecule has 0 aromatic heterocycles. The average molecular weight is 649 g/mol. The van der Waals surface area contributed by atoms with Gasteiger partial charge in [-0.15, -0.1) is 0 Å². The summed E-state index contributed by atoms with van der Waals surface area (Å²) in [5, 5.41) is 30.1. The van der Waals surface area contributed by atoms with E-state index < -0.39 is 36.0 Å². The molecule has 0 fully saturated rings. The third kappa shape index (κ3) is 33.5. The van der Waals surface area contributed by atoms with Gasteiger partial charge in [-0.1, -0.05) is 26.7 Å². The summed E-state index contributed by atoms with van der Waals surface area (Å²) >= 11 is 0. The Morgan fingerprint density at radius 3 is 0.844 bits per heavy atom. The van der Waals surface area contributed by atoms with Gasteiger partial charge in [0, 0.05) is 18.1 Å². The van der Waals surface area contributed by atoms with Crippen molar-refractivity contribution in [3.8, 4) is 0 Å². The van der Waals surface area contributed by atoms with E-state index in [0.29, 0.717) is 38.9 Å². The zero-order valence-corrected chi connectivity index (χ0v) is 20.1. The number of carboxylic acids is 3. The summed E-state index contributed by atoms with van der Waals surface area (Å²) in [6.45, 7) is 1.75. The van der Waals surface area contributed by atoms with Crippen LogP contribution in [-0.4, -0.2) is 55.7 Å². The topological polar surface area (TPSA) is 277 Å². The summed E-state index contributed by atoms with van der Waals surface area (Å²) < 4.78 is 0. The Morgan fingerprint density at radius 2 is 0.719 bits per heavy atom. The fourth-order valence-corrected chi connectivity index (χ4v) is 1.88. The molecule has 0 aromatic carbocycles. The number of carboxylic acid groups (broad SMARTS) is 3. The quantitative estimate of drug-likeness (QED) is 0.0721. The second kappa shape index (κ2) is 29.9. The Bertz CT molecular complexity index is 387. The van der Waals surface area contributed by atoms with Crippen molar-refractivity contribution in [2.75, 3.05) is 19.6 Å². The Hall–Kier alpha value is -1.09. The van der Waals surface area contributed by atoms with Crippen LogP contribution in [0.3, 0.4) is 0 Å². The Labute approximate surface area is 207 Å². The number of carbonyl (C=O) groups is 3. The van der Waals surface area contributed by atoms with Gasteiger partial charge in [-0.2, -0.15) is 0 Å². The third-order valence-electron chi connectivity index (χ3n) is 3.82. The molecule has 0 aromatic rings. The van der Waals surface area contributed by atoms with Gasteiger partial charge in [0.05, 0.1) is 17.9 Å². The summed E-state index contributed by atoms with van der Waals surface area (Å²) in [5.74, 6) is -3.55. The molecule has 12 nitrogen and oxygen atoms in total. The number of hydrogen-bond donors (Lipinski definition) is 6. The fraction of sp³-hybridized carbons (Fsp3) is 0.842. The average Bonchev–Trinajstić information content (AvgIpc) is 2.69. The summed E-state index contributed by atoms with van der Waals surface area (Å²) in [4.78, 5) is 30.1. The zero-order chi connectivity index (χ0) is 23.9. The molecular weight excluding hydrogens is 605 g/mol. The predicted octanol–water partition coefficient (Wildman–Crippen LogP) is -4.79. The summed E-state index contributed by atoms with van der Waals surface area (Å²) in [7, 11) is 0. The van der Waals surface area contributed by atoms with E-state index in [4.69, 9.17) is 34.4 Å². The molecule has 0 aliphatic heterocycles. The van der Waals surface area contributed by atoms with E-state index in [0.717, 1.165) is 38.5 Å². The van der Waals surface area contributed by atoms with E-state index in [9.17, 15) is 29.7 Å². The molecule has 0 amide bonds. The minimum Gasteiger partial charge on any atom is -0.548 e. The van der Waals surface area contributed by atoms with Gasteiger partial charge in [0.1, 0.15) is 0 Å². The van der Waals surface area contributed by atoms with Crippen molar-refractivity contribution < 1.29 is 52.1 Å². The first-order valence-electron chi connectivity index (χ1n) is 10.0. The maximum Gasteiger partial charge on any atom is 3.00 e. The number of carbonyl (C=O) groups excluding carboxylic acids is 3. The van der Waals surface area contributed by atoms with Gasteiger partial charge in [0.15, 0.2) is 0 Å². The second-order valence-corrected chi connectivity index (χ2v) is 6.63. The van der Waals surface area contributed by atoms with Crippen LogP contribution in [0.25, 0.3) is 0 Å². The molecule has 0 radical (unpaired) electrons. The van der Waals surface area contributed by atoms with Gasteiger partial charge < -0.3 is 64.1 Å². The molecule has 0 saturated heterocycles. The summed E-state index contributed by atoms with van der Waals surface area (Å²) in [5.41, 5.74) is 31.0. The van der Waals surface area contributed by atoms with Crippen molar-refractivity contribution in [2.45, 2.75) is 83.3 Å². The first-order valence-corrected chi connectivity index (χ1v) is 10.0. The molecule has 0 unspecified atom stereocenters. The van der Waals surface area contributed by atoms with Crippen molar-refractivity contribution in [1.82, 2.24) is 0 Å². The minimum atomic E-state index is -1.18. The van der Waals surface area contributed by atoms with Crippen LogP contribution < -0.4 is 49.7 Å². The molecule has 0 saturated carbocycles. The predicted molar refractivity (Wildman–Crippen MR) is 114 cm³/mol. The molecule has 3 atom stereocenters. The zero-order valence-electron chi connectivity index (χ0n) is 17.9. The molecule has 12 N–H and O–H groups in total. The van der Waals surface area contributed by atoms with Crippen LogP contribution in [0, 0.1) is 0 Å². The molecule has 0 spiro atoms. The van der Waals surface area contributed by atoms with Crippen LogP contribution >= 0.6 is 0 Å². The molecule has 0 heterocycles. The fourth-order valence-electron chi connectivity index (χ4n) is 1.88. The van der Waals surface area contributed by atoms with E-state index in [-0.39, 0.29) is 29.8 Å². The Balaban J connectivity index is -0.000000110. The van der Waals surface area contributed by atoms with Crippen molar-refractivity contribution in [1.29, 1.82) is 0 Å². The van der Waals surface area contributed by atoms with E-state index in [1.165, 1.54) is 0 Å². The first-order chi connectivity index (χ1) is 14.0. The molecule has 0 bridgehead atoms. The van der Waals surface area contributed by atoms with Crippen LogP contribution in [0.5, 0.6) is 0 Å². The molecular formula is C19H43AuN6O6. The maximum atomic E-state index is 10.0. The number of hydrogen-bond acceptors (Lipinski definition) is 12. The van der Waals surface area contributed by atoms with Crippen LogP contribution in [-0.2, 0) is 36.8 Å². The molecule has 32 heavy (non-hydrogen) atoms. The summed E-state index contributed by atoms with van der Waals surface area (Å²) in [6.07, 6.45) is 6.10. The van der Waals surface area contributed by atoms with Crippen LogP contribution in [0.15, 0.2) is 0 Å². The van der Waals surface area contributed by atoms with Crippen molar-refractivity contribution >= 4 is 17.9 Å². The molecule has 13 heteroatoms. The van der Waals surface area contributed by atoms with Gasteiger partial charge in [-0.05, 0) is 58.2 Å². The third-order valence-corrected chi connectivity index (χ3v) is 3.82.